The second-order valence-corrected chi connectivity index (χ2v) is 4.99. The minimum Gasteiger partial charge on any atom is -0.493 e. The molecule has 0 amide bonds. The molecule has 0 bridgehead atoms. The molecule has 1 aromatic rings. The molecule has 1 aromatic carbocycles. The van der Waals surface area contributed by atoms with Gasteiger partial charge in [-0.1, -0.05) is 12.1 Å². The zero-order chi connectivity index (χ0) is 13.0. The third kappa shape index (κ3) is 3.47. The summed E-state index contributed by atoms with van der Waals surface area (Å²) in [4.78, 5) is 0. The van der Waals surface area contributed by atoms with Crippen molar-refractivity contribution in [2.45, 2.75) is 45.3 Å². The Morgan fingerprint density at radius 1 is 1.50 bits per heavy atom. The molecule has 3 heteroatoms. The number of hydrogen-bond donors (Lipinski definition) is 1. The summed E-state index contributed by atoms with van der Waals surface area (Å²) in [6.07, 6.45) is 3.08. The number of aliphatic hydroxyl groups is 1. The van der Waals surface area contributed by atoms with Gasteiger partial charge in [-0.05, 0) is 38.3 Å². The Bertz CT molecular complexity index is 381. The maximum absolute atomic E-state index is 9.70. The third-order valence-corrected chi connectivity index (χ3v) is 3.34. The average molecular weight is 250 g/mol. The molecule has 1 fully saturated rings. The highest BCUT2D eigenvalue weighted by atomic mass is 16.5. The van der Waals surface area contributed by atoms with Gasteiger partial charge in [0, 0.05) is 18.6 Å². The predicted molar refractivity (Wildman–Crippen MR) is 70.9 cm³/mol. The fraction of sp³-hybridized carbons (Fsp3) is 0.600. The monoisotopic (exact) mass is 250 g/mol. The van der Waals surface area contributed by atoms with Crippen molar-refractivity contribution in [3.63, 3.8) is 0 Å². The van der Waals surface area contributed by atoms with E-state index in [1.165, 1.54) is 0 Å². The van der Waals surface area contributed by atoms with E-state index in [-0.39, 0.29) is 0 Å². The minimum absolute atomic E-state index is 0.352. The quantitative estimate of drug-likeness (QED) is 0.873. The van der Waals surface area contributed by atoms with Crippen LogP contribution in [0.3, 0.4) is 0 Å². The maximum Gasteiger partial charge on any atom is 0.125 e. The van der Waals surface area contributed by atoms with Gasteiger partial charge in [-0.15, -0.1) is 0 Å². The van der Waals surface area contributed by atoms with E-state index >= 15 is 0 Å². The van der Waals surface area contributed by atoms with Crippen LogP contribution in [0.1, 0.15) is 43.4 Å². The van der Waals surface area contributed by atoms with E-state index in [9.17, 15) is 5.11 Å². The van der Waals surface area contributed by atoms with Crippen molar-refractivity contribution in [2.75, 3.05) is 13.2 Å². The molecular weight excluding hydrogens is 228 g/mol. The first-order valence-electron chi connectivity index (χ1n) is 6.70. The standard InChI is InChI=1S/C15H22O3/c1-11-5-6-14(12(2)16)15(10-11)18-9-7-13-4-3-8-17-13/h5-6,10,12-13,16H,3-4,7-9H2,1-2H3/t12-,13?/m0/s1. The Morgan fingerprint density at radius 2 is 2.33 bits per heavy atom. The van der Waals surface area contributed by atoms with Gasteiger partial charge in [0.2, 0.25) is 0 Å². The summed E-state index contributed by atoms with van der Waals surface area (Å²) in [5, 5.41) is 9.70. The van der Waals surface area contributed by atoms with E-state index in [1.807, 2.05) is 25.1 Å². The largest absolute Gasteiger partial charge is 0.493 e. The Kier molecular flexibility index (Phi) is 4.61. The fourth-order valence-electron chi connectivity index (χ4n) is 2.28. The molecule has 100 valence electrons. The van der Waals surface area contributed by atoms with Crippen LogP contribution in [0, 0.1) is 6.92 Å². The first-order valence-corrected chi connectivity index (χ1v) is 6.70. The highest BCUT2D eigenvalue weighted by Crippen LogP contribution is 2.26. The van der Waals surface area contributed by atoms with Crippen molar-refractivity contribution in [1.29, 1.82) is 0 Å². The zero-order valence-corrected chi connectivity index (χ0v) is 11.2. The summed E-state index contributed by atoms with van der Waals surface area (Å²) < 4.78 is 11.4. The lowest BCUT2D eigenvalue weighted by Crippen LogP contribution is -2.11. The number of ether oxygens (including phenoxy) is 2. The van der Waals surface area contributed by atoms with E-state index < -0.39 is 6.10 Å². The van der Waals surface area contributed by atoms with E-state index in [0.29, 0.717) is 12.7 Å². The van der Waals surface area contributed by atoms with Crippen LogP contribution in [-0.2, 0) is 4.74 Å². The van der Waals surface area contributed by atoms with Gasteiger partial charge in [-0.3, -0.25) is 0 Å². The van der Waals surface area contributed by atoms with Crippen LogP contribution in [0.2, 0.25) is 0 Å². The maximum atomic E-state index is 9.70. The Labute approximate surface area is 109 Å². The van der Waals surface area contributed by atoms with Gasteiger partial charge in [0.15, 0.2) is 0 Å². The molecular formula is C15H22O3. The van der Waals surface area contributed by atoms with Gasteiger partial charge in [0.25, 0.3) is 0 Å². The van der Waals surface area contributed by atoms with Crippen LogP contribution < -0.4 is 4.74 Å². The van der Waals surface area contributed by atoms with Crippen LogP contribution in [0.4, 0.5) is 0 Å². The number of hydrogen-bond acceptors (Lipinski definition) is 3. The van der Waals surface area contributed by atoms with E-state index in [0.717, 1.165) is 42.7 Å². The Morgan fingerprint density at radius 3 is 3.00 bits per heavy atom. The lowest BCUT2D eigenvalue weighted by Gasteiger charge is -2.15. The lowest BCUT2D eigenvalue weighted by molar-refractivity contribution is 0.0896. The van der Waals surface area contributed by atoms with E-state index in [4.69, 9.17) is 9.47 Å². The number of rotatable bonds is 5. The number of benzene rings is 1. The summed E-state index contributed by atoms with van der Waals surface area (Å²) in [6, 6.07) is 5.91. The van der Waals surface area contributed by atoms with Crippen LogP contribution >= 0.6 is 0 Å². The third-order valence-electron chi connectivity index (χ3n) is 3.34. The summed E-state index contributed by atoms with van der Waals surface area (Å²) in [5.74, 6) is 0.794. The number of aliphatic hydroxyl groups excluding tert-OH is 1. The summed E-state index contributed by atoms with van der Waals surface area (Å²) in [6.45, 7) is 5.32. The van der Waals surface area contributed by atoms with Gasteiger partial charge in [-0.25, -0.2) is 0 Å². The molecule has 1 N–H and O–H groups in total. The molecule has 0 radical (unpaired) electrons. The minimum atomic E-state index is -0.497. The molecule has 1 unspecified atom stereocenters. The molecule has 2 atom stereocenters. The average Bonchev–Trinajstić information content (AvgIpc) is 2.82. The Balaban J connectivity index is 1.92. The zero-order valence-electron chi connectivity index (χ0n) is 11.2. The summed E-state index contributed by atoms with van der Waals surface area (Å²) in [7, 11) is 0. The molecule has 18 heavy (non-hydrogen) atoms. The first kappa shape index (κ1) is 13.4. The lowest BCUT2D eigenvalue weighted by atomic mass is 10.1. The molecule has 0 aliphatic carbocycles. The SMILES string of the molecule is Cc1ccc([C@H](C)O)c(OCCC2CCCO2)c1. The molecule has 1 aliphatic rings. The van der Waals surface area contributed by atoms with Crippen LogP contribution in [-0.4, -0.2) is 24.4 Å². The molecule has 1 aliphatic heterocycles. The molecule has 0 spiro atoms. The van der Waals surface area contributed by atoms with Crippen LogP contribution in [0.5, 0.6) is 5.75 Å². The van der Waals surface area contributed by atoms with E-state index in [1.54, 1.807) is 6.92 Å². The van der Waals surface area contributed by atoms with Crippen LogP contribution in [0.25, 0.3) is 0 Å². The fourth-order valence-corrected chi connectivity index (χ4v) is 2.28. The Hall–Kier alpha value is -1.06. The van der Waals surface area contributed by atoms with Gasteiger partial charge < -0.3 is 14.6 Å². The molecule has 0 saturated carbocycles. The molecule has 0 aromatic heterocycles. The smallest absolute Gasteiger partial charge is 0.125 e. The molecule has 1 saturated heterocycles. The topological polar surface area (TPSA) is 38.7 Å². The highest BCUT2D eigenvalue weighted by Gasteiger charge is 2.16. The first-order chi connectivity index (χ1) is 8.66. The van der Waals surface area contributed by atoms with Gasteiger partial charge in [-0.2, -0.15) is 0 Å². The normalized spacial score (nSPS) is 20.9. The van der Waals surface area contributed by atoms with Crippen molar-refractivity contribution in [1.82, 2.24) is 0 Å². The van der Waals surface area contributed by atoms with Crippen molar-refractivity contribution < 1.29 is 14.6 Å². The van der Waals surface area contributed by atoms with E-state index in [2.05, 4.69) is 0 Å². The summed E-state index contributed by atoms with van der Waals surface area (Å²) >= 11 is 0. The van der Waals surface area contributed by atoms with Gasteiger partial charge in [0.05, 0.1) is 18.8 Å². The van der Waals surface area contributed by atoms with Gasteiger partial charge >= 0.3 is 0 Å². The number of aryl methyl sites for hydroxylation is 1. The van der Waals surface area contributed by atoms with Crippen molar-refractivity contribution in [3.8, 4) is 5.75 Å². The van der Waals surface area contributed by atoms with Gasteiger partial charge in [0.1, 0.15) is 5.75 Å². The molecule has 1 heterocycles. The van der Waals surface area contributed by atoms with Crippen LogP contribution in [0.15, 0.2) is 18.2 Å². The second kappa shape index (κ2) is 6.21. The summed E-state index contributed by atoms with van der Waals surface area (Å²) in [5.41, 5.74) is 2.00. The molecule has 3 nitrogen and oxygen atoms in total. The van der Waals surface area contributed by atoms with Crippen molar-refractivity contribution >= 4 is 0 Å². The van der Waals surface area contributed by atoms with Crippen molar-refractivity contribution in [2.24, 2.45) is 0 Å². The predicted octanol–water partition coefficient (Wildman–Crippen LogP) is 3.00. The van der Waals surface area contributed by atoms with Crippen molar-refractivity contribution in [3.05, 3.63) is 29.3 Å². The highest BCUT2D eigenvalue weighted by molar-refractivity contribution is 5.38. The second-order valence-electron chi connectivity index (χ2n) is 4.99. The molecule has 2 rings (SSSR count).